The predicted octanol–water partition coefficient (Wildman–Crippen LogP) is -0.362. The molecule has 1 fully saturated rings. The van der Waals surface area contributed by atoms with Crippen LogP contribution in [0.15, 0.2) is 0 Å². The van der Waals surface area contributed by atoms with Crippen LogP contribution in [0.5, 0.6) is 0 Å². The van der Waals surface area contributed by atoms with Crippen LogP contribution in [0.25, 0.3) is 0 Å². The molecule has 0 bridgehead atoms. The Morgan fingerprint density at radius 3 is 2.00 bits per heavy atom. The normalized spacial score (nSPS) is 31.2. The Hall–Kier alpha value is 1.49. The van der Waals surface area contributed by atoms with Gasteiger partial charge in [-0.3, -0.25) is 0 Å². The quantitative estimate of drug-likeness (QED) is 0.504. The van der Waals surface area contributed by atoms with E-state index in [9.17, 15) is 12.9 Å². The largest absolute Gasteiger partial charge is 1.00 e. The Morgan fingerprint density at radius 1 is 1.40 bits per heavy atom. The van der Waals surface area contributed by atoms with Crippen molar-refractivity contribution in [3.63, 3.8) is 0 Å². The minimum atomic E-state index is -4.50. The van der Waals surface area contributed by atoms with Gasteiger partial charge in [-0.1, -0.05) is 31.5 Å². The summed E-state index contributed by atoms with van der Waals surface area (Å²) in [6, 6.07) is 0. The first kappa shape index (κ1) is 11.5. The van der Waals surface area contributed by atoms with Crippen molar-refractivity contribution in [1.29, 1.82) is 0 Å². The van der Waals surface area contributed by atoms with Crippen molar-refractivity contribution in [3.05, 3.63) is 0 Å². The maximum atomic E-state index is 11.7. The molecule has 10 heavy (non-hydrogen) atoms. The molecular weight excluding hydrogens is 167 g/mol. The zero-order valence-corrected chi connectivity index (χ0v) is 9.40. The Bertz CT molecular complexity index is 114. The molecule has 1 aliphatic carbocycles. The molecular formula is C5H9BF3K. The van der Waals surface area contributed by atoms with E-state index in [1.54, 1.807) is 0 Å². The first-order chi connectivity index (χ1) is 4.05. The monoisotopic (exact) mass is 176 g/mol. The number of halogens is 3. The molecule has 2 atom stereocenters. The average Bonchev–Trinajstić information content (AvgIpc) is 2.39. The number of hydrogen-bond donors (Lipinski definition) is 0. The molecule has 54 valence electrons. The minimum Gasteiger partial charge on any atom is -0.449 e. The molecule has 0 radical (unpaired) electrons. The van der Waals surface area contributed by atoms with Crippen LogP contribution in [0, 0.1) is 5.92 Å². The maximum Gasteiger partial charge on any atom is 1.00 e. The molecule has 1 aliphatic rings. The Morgan fingerprint density at radius 2 is 1.90 bits per heavy atom. The summed E-state index contributed by atoms with van der Waals surface area (Å²) in [7, 11) is 0. The molecule has 0 amide bonds. The van der Waals surface area contributed by atoms with Crippen LogP contribution >= 0.6 is 0 Å². The second-order valence-corrected chi connectivity index (χ2v) is 2.69. The van der Waals surface area contributed by atoms with Gasteiger partial charge >= 0.3 is 58.4 Å². The second kappa shape index (κ2) is 3.94. The van der Waals surface area contributed by atoms with Crippen LogP contribution in [-0.4, -0.2) is 6.98 Å². The molecule has 1 saturated carbocycles. The molecule has 0 heterocycles. The zero-order chi connectivity index (χ0) is 7.07. The third-order valence-corrected chi connectivity index (χ3v) is 1.99. The second-order valence-electron chi connectivity index (χ2n) is 2.69. The summed E-state index contributed by atoms with van der Waals surface area (Å²) in [6.07, 6.45) is 1.08. The van der Waals surface area contributed by atoms with Gasteiger partial charge in [-0.2, -0.15) is 0 Å². The molecule has 5 heteroatoms. The summed E-state index contributed by atoms with van der Waals surface area (Å²) >= 11 is 0. The summed E-state index contributed by atoms with van der Waals surface area (Å²) in [5, 5.41) is 0. The Labute approximate surface area is 101 Å². The fourth-order valence-corrected chi connectivity index (χ4v) is 1.20. The molecule has 0 aromatic heterocycles. The van der Waals surface area contributed by atoms with Gasteiger partial charge in [0.1, 0.15) is 0 Å². The van der Waals surface area contributed by atoms with Crippen LogP contribution in [0.3, 0.4) is 0 Å². The van der Waals surface area contributed by atoms with E-state index >= 15 is 0 Å². The fraction of sp³-hybridized carbons (Fsp3) is 1.00. The predicted molar refractivity (Wildman–Crippen MR) is 31.2 cm³/mol. The van der Waals surface area contributed by atoms with Crippen LogP contribution in [0.4, 0.5) is 12.9 Å². The van der Waals surface area contributed by atoms with Crippen LogP contribution in [-0.2, 0) is 0 Å². The van der Waals surface area contributed by atoms with Crippen molar-refractivity contribution < 1.29 is 64.3 Å². The summed E-state index contributed by atoms with van der Waals surface area (Å²) in [4.78, 5) is 0. The van der Waals surface area contributed by atoms with Gasteiger partial charge in [0.15, 0.2) is 0 Å². The molecule has 0 nitrogen and oxygen atoms in total. The van der Waals surface area contributed by atoms with E-state index in [4.69, 9.17) is 0 Å². The van der Waals surface area contributed by atoms with Gasteiger partial charge in [0.25, 0.3) is 0 Å². The molecule has 0 N–H and O–H groups in total. The van der Waals surface area contributed by atoms with Gasteiger partial charge < -0.3 is 12.9 Å². The van der Waals surface area contributed by atoms with E-state index < -0.39 is 12.8 Å². The van der Waals surface area contributed by atoms with Crippen molar-refractivity contribution in [2.24, 2.45) is 5.92 Å². The molecule has 0 aliphatic heterocycles. The van der Waals surface area contributed by atoms with E-state index in [2.05, 4.69) is 0 Å². The fourth-order valence-electron chi connectivity index (χ4n) is 1.20. The zero-order valence-electron chi connectivity index (χ0n) is 6.28. The van der Waals surface area contributed by atoms with Crippen molar-refractivity contribution in [3.8, 4) is 0 Å². The van der Waals surface area contributed by atoms with Gasteiger partial charge in [0.05, 0.1) is 0 Å². The van der Waals surface area contributed by atoms with Gasteiger partial charge in [-0.05, 0) is 0 Å². The van der Waals surface area contributed by atoms with E-state index in [-0.39, 0.29) is 57.3 Å². The standard InChI is InChI=1S/C5H9BF3.K/c1-2-4-3-5(4)6(7,8)9;/h4-5H,2-3H2,1H3;/q-1;+1/t4-,5-;/m1./s1. The van der Waals surface area contributed by atoms with E-state index in [0.29, 0.717) is 12.8 Å². The van der Waals surface area contributed by atoms with Crippen molar-refractivity contribution in [1.82, 2.24) is 0 Å². The molecule has 0 aromatic rings. The van der Waals surface area contributed by atoms with Crippen molar-refractivity contribution in [2.75, 3.05) is 0 Å². The average molecular weight is 176 g/mol. The van der Waals surface area contributed by atoms with Crippen LogP contribution < -0.4 is 51.4 Å². The van der Waals surface area contributed by atoms with E-state index in [1.165, 1.54) is 0 Å². The molecule has 1 rings (SSSR count). The Balaban J connectivity index is 0.000000810. The summed E-state index contributed by atoms with van der Waals surface area (Å²) in [5.74, 6) is -0.944. The maximum absolute atomic E-state index is 11.7. The van der Waals surface area contributed by atoms with E-state index in [0.717, 1.165) is 0 Å². The molecule has 0 saturated heterocycles. The van der Waals surface area contributed by atoms with Gasteiger partial charge in [0, 0.05) is 0 Å². The van der Waals surface area contributed by atoms with Crippen molar-refractivity contribution in [2.45, 2.75) is 25.6 Å². The summed E-state index contributed by atoms with van der Waals surface area (Å²) < 4.78 is 35.2. The first-order valence-electron chi connectivity index (χ1n) is 3.25. The smallest absolute Gasteiger partial charge is 0.449 e. The van der Waals surface area contributed by atoms with Gasteiger partial charge in [-0.25, -0.2) is 0 Å². The summed E-state index contributed by atoms with van der Waals surface area (Å²) in [5.41, 5.74) is 0. The van der Waals surface area contributed by atoms with E-state index in [1.807, 2.05) is 6.92 Å². The molecule has 0 spiro atoms. The topological polar surface area (TPSA) is 0 Å². The minimum absolute atomic E-state index is 0. The third-order valence-electron chi connectivity index (χ3n) is 1.99. The SMILES string of the molecule is CC[C@@H]1C[C@H]1[B-](F)(F)F.[K+]. The number of hydrogen-bond acceptors (Lipinski definition) is 0. The molecule has 0 aromatic carbocycles. The Kier molecular flexibility index (Phi) is 4.53. The van der Waals surface area contributed by atoms with Crippen molar-refractivity contribution >= 4 is 6.98 Å². The number of rotatable bonds is 2. The third kappa shape index (κ3) is 2.85. The van der Waals surface area contributed by atoms with Gasteiger partial charge in [-0.15, -0.1) is 0 Å². The first-order valence-corrected chi connectivity index (χ1v) is 3.25. The van der Waals surface area contributed by atoms with Gasteiger partial charge in [0.2, 0.25) is 0 Å². The van der Waals surface area contributed by atoms with Crippen LogP contribution in [0.2, 0.25) is 5.82 Å². The van der Waals surface area contributed by atoms with Crippen LogP contribution in [0.1, 0.15) is 19.8 Å². The summed E-state index contributed by atoms with van der Waals surface area (Å²) in [6.45, 7) is -2.69. The molecule has 0 unspecified atom stereocenters.